The molecule has 3 nitrogen and oxygen atoms in total. The average Bonchev–Trinajstić information content (AvgIpc) is 3.26. The van der Waals surface area contributed by atoms with Gasteiger partial charge in [-0.25, -0.2) is 0 Å². The molecule has 0 N–H and O–H groups in total. The predicted octanol–water partition coefficient (Wildman–Crippen LogP) is 7.55. The minimum absolute atomic E-state index is 0.954. The summed E-state index contributed by atoms with van der Waals surface area (Å²) in [5.74, 6) is 0. The van der Waals surface area contributed by atoms with Crippen LogP contribution in [0, 0.1) is 0 Å². The zero-order valence-electron chi connectivity index (χ0n) is 21.0. The van der Waals surface area contributed by atoms with Crippen molar-refractivity contribution >= 4 is 46.3 Å². The zero-order chi connectivity index (χ0) is 25.1. The van der Waals surface area contributed by atoms with Crippen LogP contribution in [0.1, 0.15) is 0 Å². The maximum atomic E-state index is 5.69. The van der Waals surface area contributed by atoms with Crippen LogP contribution in [-0.2, 0) is 13.3 Å². The molecule has 180 valence electrons. The van der Waals surface area contributed by atoms with Gasteiger partial charge < -0.3 is 13.3 Å². The molecule has 7 rings (SSSR count). The van der Waals surface area contributed by atoms with E-state index in [2.05, 4.69) is 103 Å². The van der Waals surface area contributed by atoms with E-state index in [0.717, 1.165) is 10.6 Å². The van der Waals surface area contributed by atoms with Crippen molar-refractivity contribution in [2.45, 2.75) is 0 Å². The fraction of sp³-hybridized carbons (Fsp3) is 0.0909. The van der Waals surface area contributed by atoms with Crippen LogP contribution < -0.4 is 5.19 Å². The highest BCUT2D eigenvalue weighted by molar-refractivity contribution is 6.75. The van der Waals surface area contributed by atoms with E-state index in [1.165, 1.54) is 60.3 Å². The first-order valence-electron chi connectivity index (χ1n) is 12.4. The van der Waals surface area contributed by atoms with Crippen molar-refractivity contribution in [1.82, 2.24) is 0 Å². The van der Waals surface area contributed by atoms with E-state index in [1.54, 1.807) is 21.3 Å². The lowest BCUT2D eigenvalue weighted by Gasteiger charge is -2.24. The first kappa shape index (κ1) is 22.4. The normalized spacial score (nSPS) is 12.5. The summed E-state index contributed by atoms with van der Waals surface area (Å²) in [4.78, 5) is 0. The van der Waals surface area contributed by atoms with Crippen molar-refractivity contribution in [3.63, 3.8) is 0 Å². The van der Waals surface area contributed by atoms with Gasteiger partial charge in [0.15, 0.2) is 0 Å². The molecule has 0 aromatic heterocycles. The molecule has 0 saturated carbocycles. The molecule has 1 aliphatic carbocycles. The summed E-state index contributed by atoms with van der Waals surface area (Å²) in [5, 5.41) is 8.44. The first-order valence-corrected chi connectivity index (χ1v) is 14.2. The lowest BCUT2D eigenvalue weighted by Crippen LogP contribution is -2.54. The second kappa shape index (κ2) is 8.37. The molecular weight excluding hydrogens is 472 g/mol. The molecule has 6 aromatic carbocycles. The molecule has 0 aliphatic heterocycles. The molecule has 37 heavy (non-hydrogen) atoms. The Morgan fingerprint density at radius 1 is 0.432 bits per heavy atom. The quantitative estimate of drug-likeness (QED) is 0.229. The molecule has 0 fully saturated rings. The SMILES string of the molecule is CO[Si](OC)(OC)c1ccc2cc(-c3cc4c5c(cccc5c3)-c3cc5ccccc5cc3-4)ccc2c1. The van der Waals surface area contributed by atoms with Crippen molar-refractivity contribution in [1.29, 1.82) is 0 Å². The minimum Gasteiger partial charge on any atom is -0.373 e. The fourth-order valence-electron chi connectivity index (χ4n) is 5.94. The van der Waals surface area contributed by atoms with Crippen molar-refractivity contribution in [2.75, 3.05) is 21.3 Å². The molecule has 0 bridgehead atoms. The number of fused-ring (bicyclic) bond motifs is 5. The van der Waals surface area contributed by atoms with E-state index in [-0.39, 0.29) is 0 Å². The van der Waals surface area contributed by atoms with Crippen molar-refractivity contribution in [3.05, 3.63) is 103 Å². The summed E-state index contributed by atoms with van der Waals surface area (Å²) in [5.41, 5.74) is 7.71. The van der Waals surface area contributed by atoms with Gasteiger partial charge in [0.1, 0.15) is 0 Å². The maximum absolute atomic E-state index is 5.69. The summed E-state index contributed by atoms with van der Waals surface area (Å²) in [6, 6.07) is 37.6. The molecule has 0 atom stereocenters. The van der Waals surface area contributed by atoms with Crippen molar-refractivity contribution in [2.24, 2.45) is 0 Å². The molecule has 0 spiro atoms. The summed E-state index contributed by atoms with van der Waals surface area (Å²) >= 11 is 0. The van der Waals surface area contributed by atoms with Crippen LogP contribution in [0.25, 0.3) is 65.7 Å². The molecule has 0 radical (unpaired) electrons. The average molecular weight is 499 g/mol. The number of hydrogen-bond acceptors (Lipinski definition) is 3. The molecule has 0 saturated heterocycles. The van der Waals surface area contributed by atoms with E-state index in [9.17, 15) is 0 Å². The maximum Gasteiger partial charge on any atom is 0.536 e. The van der Waals surface area contributed by atoms with Gasteiger partial charge in [0.25, 0.3) is 0 Å². The summed E-state index contributed by atoms with van der Waals surface area (Å²) in [6.07, 6.45) is 0. The third kappa shape index (κ3) is 3.31. The van der Waals surface area contributed by atoms with Gasteiger partial charge in [-0.2, -0.15) is 0 Å². The van der Waals surface area contributed by atoms with Gasteiger partial charge in [0.2, 0.25) is 0 Å². The van der Waals surface area contributed by atoms with Crippen molar-refractivity contribution < 1.29 is 13.3 Å². The molecule has 1 aliphatic rings. The molecule has 0 heterocycles. The van der Waals surface area contributed by atoms with Gasteiger partial charge >= 0.3 is 8.80 Å². The van der Waals surface area contributed by atoms with Gasteiger partial charge in [0, 0.05) is 26.5 Å². The van der Waals surface area contributed by atoms with Crippen LogP contribution >= 0.6 is 0 Å². The van der Waals surface area contributed by atoms with E-state index in [4.69, 9.17) is 13.3 Å². The number of rotatable bonds is 5. The van der Waals surface area contributed by atoms with Gasteiger partial charge in [0.05, 0.1) is 0 Å². The molecule has 0 amide bonds. The van der Waals surface area contributed by atoms with Gasteiger partial charge in [-0.1, -0.05) is 66.7 Å². The zero-order valence-corrected chi connectivity index (χ0v) is 22.0. The Balaban J connectivity index is 1.38. The van der Waals surface area contributed by atoms with E-state index in [0.29, 0.717) is 0 Å². The Labute approximate surface area is 217 Å². The third-order valence-electron chi connectivity index (χ3n) is 7.78. The van der Waals surface area contributed by atoms with E-state index in [1.807, 2.05) is 0 Å². The summed E-state index contributed by atoms with van der Waals surface area (Å²) in [7, 11) is 2.05. The first-order chi connectivity index (χ1) is 18.1. The Bertz CT molecular complexity index is 1840. The molecule has 4 heteroatoms. The fourth-order valence-corrected chi connectivity index (χ4v) is 7.76. The van der Waals surface area contributed by atoms with Crippen LogP contribution in [0.5, 0.6) is 0 Å². The second-order valence-electron chi connectivity index (χ2n) is 9.62. The van der Waals surface area contributed by atoms with Crippen LogP contribution in [0.4, 0.5) is 0 Å². The lowest BCUT2D eigenvalue weighted by atomic mass is 9.94. The standard InChI is InChI=1S/C33H26O3Si/c1-34-37(35-2,36-3)28-14-13-23-15-24(11-12-25(23)17-28)27-16-26-9-6-10-29-30-18-21-7-4-5-8-22(21)19-31(30)32(20-27)33(26)29/h4-20H,1-3H3. The third-order valence-corrected chi connectivity index (χ3v) is 10.4. The monoisotopic (exact) mass is 498 g/mol. The van der Waals surface area contributed by atoms with Crippen LogP contribution in [0.3, 0.4) is 0 Å². The second-order valence-corrected chi connectivity index (χ2v) is 12.5. The Morgan fingerprint density at radius 3 is 1.76 bits per heavy atom. The summed E-state index contributed by atoms with van der Waals surface area (Å²) in [6.45, 7) is 0. The highest BCUT2D eigenvalue weighted by Gasteiger charge is 2.40. The molecule has 0 unspecified atom stereocenters. The predicted molar refractivity (Wildman–Crippen MR) is 155 cm³/mol. The molecule has 6 aromatic rings. The van der Waals surface area contributed by atoms with Gasteiger partial charge in [-0.3, -0.25) is 0 Å². The summed E-state index contributed by atoms with van der Waals surface area (Å²) < 4.78 is 17.1. The molecular formula is C33H26O3Si. The topological polar surface area (TPSA) is 27.7 Å². The minimum atomic E-state index is -2.88. The lowest BCUT2D eigenvalue weighted by molar-refractivity contribution is 0.140. The Kier molecular flexibility index (Phi) is 5.07. The smallest absolute Gasteiger partial charge is 0.373 e. The Morgan fingerprint density at radius 2 is 1.03 bits per heavy atom. The largest absolute Gasteiger partial charge is 0.536 e. The van der Waals surface area contributed by atoms with Crippen LogP contribution in [0.2, 0.25) is 0 Å². The number of hydrogen-bond donors (Lipinski definition) is 0. The number of benzene rings is 6. The highest BCUT2D eigenvalue weighted by Crippen LogP contribution is 2.49. The van der Waals surface area contributed by atoms with Crippen LogP contribution in [0.15, 0.2) is 103 Å². The van der Waals surface area contributed by atoms with Crippen molar-refractivity contribution in [3.8, 4) is 33.4 Å². The Hall–Kier alpha value is -3.80. The van der Waals surface area contributed by atoms with E-state index < -0.39 is 8.80 Å². The van der Waals surface area contributed by atoms with Gasteiger partial charge in [-0.05, 0) is 102 Å². The van der Waals surface area contributed by atoms with Gasteiger partial charge in [-0.15, -0.1) is 0 Å². The van der Waals surface area contributed by atoms with E-state index >= 15 is 0 Å². The van der Waals surface area contributed by atoms with Crippen LogP contribution in [-0.4, -0.2) is 30.1 Å². The highest BCUT2D eigenvalue weighted by atomic mass is 28.4.